The van der Waals surface area contributed by atoms with E-state index in [1.165, 1.54) is 30.1 Å². The van der Waals surface area contributed by atoms with Crippen molar-refractivity contribution >= 4 is 18.4 Å². The Morgan fingerprint density at radius 2 is 1.62 bits per heavy atom. The van der Waals surface area contributed by atoms with Crippen LogP contribution in [-0.2, 0) is 35.0 Å². The largest absolute Gasteiger partial charge is 0.445 e. The van der Waals surface area contributed by atoms with E-state index in [-0.39, 0.29) is 38.5 Å². The summed E-state index contributed by atoms with van der Waals surface area (Å²) in [5.74, 6) is -0.552. The first-order valence-electron chi connectivity index (χ1n) is 14.5. The average molecular weight is 668 g/mol. The van der Waals surface area contributed by atoms with Crippen LogP contribution >= 0.6 is 0 Å². The molecule has 47 heavy (non-hydrogen) atoms. The molecule has 2 atom stereocenters. The molecule has 3 aromatic carbocycles. The Bertz CT molecular complexity index is 1570. The molecule has 2 unspecified atom stereocenters. The number of carbonyl (C=O) groups excluding carboxylic acids is 3. The Morgan fingerprint density at radius 1 is 0.979 bits per heavy atom. The normalized spacial score (nSPS) is 18.4. The zero-order valence-corrected chi connectivity index (χ0v) is 25.4. The lowest BCUT2D eigenvalue weighted by Crippen LogP contribution is -2.58. The fourth-order valence-electron chi connectivity index (χ4n) is 5.75. The van der Waals surface area contributed by atoms with Crippen LogP contribution in [0.25, 0.3) is 0 Å². The Hall–Kier alpha value is -4.62. The minimum Gasteiger partial charge on any atom is -0.445 e. The van der Waals surface area contributed by atoms with Gasteiger partial charge in [0.05, 0.1) is 22.7 Å². The molecule has 1 N–H and O–H groups in total. The van der Waals surface area contributed by atoms with Crippen LogP contribution in [0.2, 0.25) is 0 Å². The molecule has 14 heteroatoms. The molecule has 0 saturated carbocycles. The van der Waals surface area contributed by atoms with Gasteiger partial charge in [-0.1, -0.05) is 36.4 Å². The van der Waals surface area contributed by atoms with E-state index < -0.39 is 65.1 Å². The predicted molar refractivity (Wildman–Crippen MR) is 156 cm³/mol. The molecule has 1 fully saturated rings. The monoisotopic (exact) mass is 667 g/mol. The van der Waals surface area contributed by atoms with Crippen LogP contribution in [0.3, 0.4) is 0 Å². The molecule has 0 bridgehead atoms. The molecular weight excluding hydrogens is 635 g/mol. The molecule has 0 aromatic heterocycles. The van der Waals surface area contributed by atoms with Gasteiger partial charge in [0.25, 0.3) is 0 Å². The van der Waals surface area contributed by atoms with E-state index in [9.17, 15) is 45.1 Å². The van der Waals surface area contributed by atoms with Crippen LogP contribution in [0.5, 0.6) is 0 Å². The number of nitrogens with zero attached hydrogens (tertiary/aromatic N) is 2. The van der Waals surface area contributed by atoms with E-state index in [0.29, 0.717) is 29.5 Å². The number of hydrogen-bond acceptors (Lipinski definition) is 4. The highest BCUT2D eigenvalue weighted by atomic mass is 19.4. The Labute approximate surface area is 266 Å². The number of piperidine rings is 1. The zero-order valence-electron chi connectivity index (χ0n) is 25.4. The van der Waals surface area contributed by atoms with Crippen molar-refractivity contribution in [3.63, 3.8) is 0 Å². The smallest absolute Gasteiger partial charge is 0.416 e. The Morgan fingerprint density at radius 3 is 2.19 bits per heavy atom. The third-order valence-electron chi connectivity index (χ3n) is 8.08. The van der Waals surface area contributed by atoms with Gasteiger partial charge in [-0.25, -0.2) is 14.0 Å². The first-order valence-corrected chi connectivity index (χ1v) is 14.5. The minimum absolute atomic E-state index is 0.00772. The fraction of sp³-hybridized carbons (Fsp3) is 0.364. The maximum Gasteiger partial charge on any atom is 0.416 e. The van der Waals surface area contributed by atoms with Crippen LogP contribution in [-0.4, -0.2) is 47.3 Å². The Kier molecular flexibility index (Phi) is 10.5. The molecule has 3 aromatic rings. The number of aldehydes is 1. The molecule has 1 aliphatic rings. The summed E-state index contributed by atoms with van der Waals surface area (Å²) in [6.07, 6.45) is -10.5. The van der Waals surface area contributed by atoms with Crippen molar-refractivity contribution < 1.29 is 49.9 Å². The first-order chi connectivity index (χ1) is 22.0. The van der Waals surface area contributed by atoms with E-state index in [4.69, 9.17) is 4.74 Å². The number of likely N-dealkylation sites (tertiary alicyclic amines) is 1. The summed E-state index contributed by atoms with van der Waals surface area (Å²) in [4.78, 5) is 40.9. The number of benzene rings is 3. The van der Waals surface area contributed by atoms with Gasteiger partial charge in [0.1, 0.15) is 18.7 Å². The summed E-state index contributed by atoms with van der Waals surface area (Å²) < 4.78 is 100. The molecule has 252 valence electrons. The van der Waals surface area contributed by atoms with Crippen molar-refractivity contribution in [3.05, 3.63) is 106 Å². The number of amides is 3. The molecule has 1 heterocycles. The van der Waals surface area contributed by atoms with Crippen LogP contribution in [0, 0.1) is 12.7 Å². The number of aryl methyl sites for hydroxylation is 1. The second-order valence-corrected chi connectivity index (χ2v) is 11.6. The van der Waals surface area contributed by atoms with Crippen molar-refractivity contribution in [2.45, 2.75) is 63.3 Å². The Balaban J connectivity index is 1.62. The SMILES string of the molecule is Cc1cc(F)ccc1C1CC(CC=O)(NC(=O)OCc2ccccc2)CCN1C(=O)N(C)Cc1cc(C(F)(F)F)cc(C(F)(F)F)c1. The van der Waals surface area contributed by atoms with Gasteiger partial charge in [0, 0.05) is 26.6 Å². The van der Waals surface area contributed by atoms with Crippen molar-refractivity contribution in [2.24, 2.45) is 0 Å². The van der Waals surface area contributed by atoms with Crippen LogP contribution in [0.4, 0.5) is 40.3 Å². The number of alkyl carbamates (subject to hydrolysis) is 1. The fourth-order valence-corrected chi connectivity index (χ4v) is 5.75. The quantitative estimate of drug-likeness (QED) is 0.196. The lowest BCUT2D eigenvalue weighted by Gasteiger charge is -2.47. The molecular formula is C33H32F7N3O4. The highest BCUT2D eigenvalue weighted by Crippen LogP contribution is 2.41. The number of hydrogen-bond donors (Lipinski definition) is 1. The topological polar surface area (TPSA) is 79.0 Å². The van der Waals surface area contributed by atoms with Crippen LogP contribution in [0.15, 0.2) is 66.7 Å². The third-order valence-corrected chi connectivity index (χ3v) is 8.08. The highest BCUT2D eigenvalue weighted by molar-refractivity contribution is 5.75. The maximum atomic E-state index is 14.1. The molecule has 4 rings (SSSR count). The lowest BCUT2D eigenvalue weighted by molar-refractivity contribution is -0.143. The summed E-state index contributed by atoms with van der Waals surface area (Å²) in [6, 6.07) is 12.2. The third kappa shape index (κ3) is 8.80. The maximum absolute atomic E-state index is 14.1. The summed E-state index contributed by atoms with van der Waals surface area (Å²) in [7, 11) is 1.23. The number of nitrogens with one attached hydrogen (secondary N) is 1. The lowest BCUT2D eigenvalue weighted by atomic mass is 9.78. The van der Waals surface area contributed by atoms with Gasteiger partial charge in [-0.2, -0.15) is 26.3 Å². The van der Waals surface area contributed by atoms with E-state index in [1.807, 2.05) is 0 Å². The number of urea groups is 1. The average Bonchev–Trinajstić information content (AvgIpc) is 2.99. The summed E-state index contributed by atoms with van der Waals surface area (Å²) >= 11 is 0. The van der Waals surface area contributed by atoms with Gasteiger partial charge < -0.3 is 24.6 Å². The first kappa shape index (κ1) is 35.2. The van der Waals surface area contributed by atoms with Gasteiger partial charge in [-0.3, -0.25) is 0 Å². The van der Waals surface area contributed by atoms with Gasteiger partial charge in [0.2, 0.25) is 0 Å². The predicted octanol–water partition coefficient (Wildman–Crippen LogP) is 7.81. The molecule has 1 saturated heterocycles. The molecule has 3 amide bonds. The van der Waals surface area contributed by atoms with Crippen LogP contribution < -0.4 is 5.32 Å². The second-order valence-electron chi connectivity index (χ2n) is 11.6. The number of alkyl halides is 6. The van der Waals surface area contributed by atoms with Gasteiger partial charge in [-0.15, -0.1) is 0 Å². The minimum atomic E-state index is -5.06. The zero-order chi connectivity index (χ0) is 34.6. The van der Waals surface area contributed by atoms with Crippen molar-refractivity contribution in [3.8, 4) is 0 Å². The molecule has 0 radical (unpaired) electrons. The molecule has 7 nitrogen and oxygen atoms in total. The summed E-state index contributed by atoms with van der Waals surface area (Å²) in [6.45, 7) is 0.879. The highest BCUT2D eigenvalue weighted by Gasteiger charge is 2.44. The van der Waals surface area contributed by atoms with E-state index in [2.05, 4.69) is 5.32 Å². The molecule has 0 spiro atoms. The van der Waals surface area contributed by atoms with Crippen LogP contribution in [0.1, 0.15) is 58.7 Å². The number of ether oxygens (including phenoxy) is 1. The number of carbonyl (C=O) groups is 3. The summed E-state index contributed by atoms with van der Waals surface area (Å²) in [5, 5.41) is 2.77. The van der Waals surface area contributed by atoms with Gasteiger partial charge >= 0.3 is 24.5 Å². The van der Waals surface area contributed by atoms with Gasteiger partial charge in [-0.05, 0) is 72.4 Å². The van der Waals surface area contributed by atoms with Gasteiger partial charge in [0.15, 0.2) is 0 Å². The molecule has 0 aliphatic carbocycles. The number of rotatable bonds is 8. The number of halogens is 7. The second kappa shape index (κ2) is 14.0. The molecule has 1 aliphatic heterocycles. The summed E-state index contributed by atoms with van der Waals surface area (Å²) in [5.41, 5.74) is -2.97. The van der Waals surface area contributed by atoms with E-state index >= 15 is 0 Å². The standard InChI is InChI=1S/C33H32F7N3O4/c1-21-14-26(34)8-9-27(21)28-18-31(11-13-44,41-29(45)47-20-22-6-4-3-5-7-22)10-12-43(28)30(46)42(2)19-23-15-24(32(35,36)37)17-25(16-23)33(38,39)40/h3-9,13-17,28H,10-12,18-20H2,1-2H3,(H,41,45). The van der Waals surface area contributed by atoms with Crippen molar-refractivity contribution in [1.82, 2.24) is 15.1 Å². The van der Waals surface area contributed by atoms with Crippen molar-refractivity contribution in [2.75, 3.05) is 13.6 Å². The van der Waals surface area contributed by atoms with E-state index in [1.54, 1.807) is 37.3 Å². The van der Waals surface area contributed by atoms with Crippen molar-refractivity contribution in [1.29, 1.82) is 0 Å². The van der Waals surface area contributed by atoms with E-state index in [0.717, 1.165) is 10.5 Å².